The number of hydrogen-bond donors (Lipinski definition) is 0. The average Bonchev–Trinajstić information content (AvgIpc) is 3.18. The molecule has 0 saturated heterocycles. The van der Waals surface area contributed by atoms with Crippen molar-refractivity contribution in [3.63, 3.8) is 0 Å². The van der Waals surface area contributed by atoms with Crippen molar-refractivity contribution in [1.82, 2.24) is 0 Å². The van der Waals surface area contributed by atoms with Gasteiger partial charge in [0.15, 0.2) is 0 Å². The minimum absolute atomic E-state index is 0.759. The van der Waals surface area contributed by atoms with Crippen LogP contribution in [0.2, 0.25) is 0 Å². The third-order valence-corrected chi connectivity index (χ3v) is 8.60. The molecular formula is C45H47N11. The van der Waals surface area contributed by atoms with E-state index in [1.807, 2.05) is 169 Å². The lowest BCUT2D eigenvalue weighted by Crippen LogP contribution is -2.07. The van der Waals surface area contributed by atoms with Crippen LogP contribution in [0.3, 0.4) is 0 Å². The van der Waals surface area contributed by atoms with Gasteiger partial charge in [0.05, 0.1) is 51.2 Å². The summed E-state index contributed by atoms with van der Waals surface area (Å²) in [6, 6.07) is 39.3. The Morgan fingerprint density at radius 3 is 1.05 bits per heavy atom. The first-order valence-corrected chi connectivity index (χ1v) is 18.2. The molecule has 0 aliphatic heterocycles. The van der Waals surface area contributed by atoms with Crippen molar-refractivity contribution in [3.05, 3.63) is 155 Å². The second kappa shape index (κ2) is 19.4. The number of rotatable bonds is 10. The summed E-state index contributed by atoms with van der Waals surface area (Å²) < 4.78 is 0. The van der Waals surface area contributed by atoms with Crippen LogP contribution < -0.4 is 4.90 Å². The number of aryl methyl sites for hydroxylation is 6. The van der Waals surface area contributed by atoms with E-state index in [0.717, 1.165) is 79.1 Å². The Bertz CT molecular complexity index is 2410. The Balaban J connectivity index is 0.000000244. The average molecular weight is 742 g/mol. The smallest absolute Gasteiger partial charge is 0.0887 e. The summed E-state index contributed by atoms with van der Waals surface area (Å²) in [4.78, 5) is 2.05. The highest BCUT2D eigenvalue weighted by atomic mass is 15.1. The molecule has 0 bridgehead atoms. The zero-order chi connectivity index (χ0) is 40.0. The predicted octanol–water partition coefficient (Wildman–Crippen LogP) is 15.7. The van der Waals surface area contributed by atoms with Crippen LogP contribution in [0.4, 0.5) is 56.9 Å². The molecular weight excluding hydrogens is 695 g/mol. The highest BCUT2D eigenvalue weighted by Gasteiger charge is 2.04. The summed E-state index contributed by atoms with van der Waals surface area (Å²) in [5, 5.41) is 42.6. The first kappa shape index (κ1) is 40.3. The van der Waals surface area contributed by atoms with E-state index in [9.17, 15) is 0 Å². The molecule has 6 aromatic rings. The van der Waals surface area contributed by atoms with E-state index in [4.69, 9.17) is 0 Å². The third kappa shape index (κ3) is 11.8. The number of nitrogens with zero attached hydrogens (tertiary/aromatic N) is 11. The van der Waals surface area contributed by atoms with Gasteiger partial charge in [-0.05, 0) is 161 Å². The molecule has 56 heavy (non-hydrogen) atoms. The van der Waals surface area contributed by atoms with Crippen LogP contribution in [0.25, 0.3) is 0 Å². The van der Waals surface area contributed by atoms with Gasteiger partial charge in [0.25, 0.3) is 0 Å². The minimum Gasteiger partial charge on any atom is -0.378 e. The van der Waals surface area contributed by atoms with E-state index >= 15 is 0 Å². The van der Waals surface area contributed by atoms with Crippen molar-refractivity contribution in [2.75, 3.05) is 26.0 Å². The van der Waals surface area contributed by atoms with Gasteiger partial charge in [-0.1, -0.05) is 35.4 Å². The number of hydrogen-bond acceptors (Lipinski definition) is 11. The van der Waals surface area contributed by atoms with Crippen molar-refractivity contribution < 1.29 is 0 Å². The fraction of sp³-hybridized carbons (Fsp3) is 0.200. The second-order valence-corrected chi connectivity index (χ2v) is 13.5. The maximum Gasteiger partial charge on any atom is 0.0887 e. The zero-order valence-electron chi connectivity index (χ0n) is 33.5. The SMILES string of the molecule is CN=Nc1ccc(N=Nc2ccc(N(C)C)cc2)cc1C.Cc1ccc(N=Nc2ccc(N=Nc3ccc(N=Nc4ccc(C)cc4C)cc3C)cc2C)cc1. The molecule has 6 aromatic carbocycles. The molecule has 0 aromatic heterocycles. The van der Waals surface area contributed by atoms with Gasteiger partial charge in [0, 0.05) is 26.8 Å². The molecule has 0 heterocycles. The quantitative estimate of drug-likeness (QED) is 0.127. The lowest BCUT2D eigenvalue weighted by Gasteiger charge is -2.11. The van der Waals surface area contributed by atoms with E-state index in [2.05, 4.69) is 64.1 Å². The Kier molecular flexibility index (Phi) is 14.0. The van der Waals surface area contributed by atoms with Gasteiger partial charge < -0.3 is 4.90 Å². The van der Waals surface area contributed by atoms with Gasteiger partial charge in [0.2, 0.25) is 0 Å². The lowest BCUT2D eigenvalue weighted by atomic mass is 10.1. The topological polar surface area (TPSA) is 127 Å². The minimum atomic E-state index is 0.759. The molecule has 0 amide bonds. The van der Waals surface area contributed by atoms with Gasteiger partial charge in [-0.15, -0.1) is 0 Å². The molecule has 11 heteroatoms. The van der Waals surface area contributed by atoms with E-state index in [0.29, 0.717) is 0 Å². The van der Waals surface area contributed by atoms with Crippen LogP contribution in [0.1, 0.15) is 33.4 Å². The van der Waals surface area contributed by atoms with Crippen molar-refractivity contribution >= 4 is 56.9 Å². The molecule has 282 valence electrons. The Morgan fingerprint density at radius 1 is 0.321 bits per heavy atom. The van der Waals surface area contributed by atoms with Crippen LogP contribution in [0.5, 0.6) is 0 Å². The van der Waals surface area contributed by atoms with E-state index in [-0.39, 0.29) is 0 Å². The predicted molar refractivity (Wildman–Crippen MR) is 229 cm³/mol. The molecule has 0 N–H and O–H groups in total. The van der Waals surface area contributed by atoms with Crippen molar-refractivity contribution in [2.24, 2.45) is 51.1 Å². The summed E-state index contributed by atoms with van der Waals surface area (Å²) in [6.07, 6.45) is 0. The number of anilines is 1. The monoisotopic (exact) mass is 741 g/mol. The summed E-state index contributed by atoms with van der Waals surface area (Å²) in [5.74, 6) is 0. The highest BCUT2D eigenvalue weighted by molar-refractivity contribution is 5.57. The fourth-order valence-electron chi connectivity index (χ4n) is 5.35. The van der Waals surface area contributed by atoms with Gasteiger partial charge in [0.1, 0.15) is 0 Å². The van der Waals surface area contributed by atoms with E-state index in [1.165, 1.54) is 11.1 Å². The molecule has 6 rings (SSSR count). The number of azo groups is 5. The largest absolute Gasteiger partial charge is 0.378 e. The second-order valence-electron chi connectivity index (χ2n) is 13.5. The summed E-state index contributed by atoms with van der Waals surface area (Å²) in [5.41, 5.74) is 15.0. The van der Waals surface area contributed by atoms with Crippen LogP contribution >= 0.6 is 0 Å². The van der Waals surface area contributed by atoms with Gasteiger partial charge in [-0.25, -0.2) is 0 Å². The van der Waals surface area contributed by atoms with Crippen molar-refractivity contribution in [3.8, 4) is 0 Å². The molecule has 11 nitrogen and oxygen atoms in total. The summed E-state index contributed by atoms with van der Waals surface area (Å²) in [6.45, 7) is 12.1. The fourth-order valence-corrected chi connectivity index (χ4v) is 5.35. The van der Waals surface area contributed by atoms with Crippen molar-refractivity contribution in [1.29, 1.82) is 0 Å². The molecule has 0 radical (unpaired) electrons. The van der Waals surface area contributed by atoms with Crippen LogP contribution in [0.15, 0.2) is 172 Å². The Hall–Kier alpha value is -6.88. The van der Waals surface area contributed by atoms with E-state index in [1.54, 1.807) is 7.05 Å². The van der Waals surface area contributed by atoms with E-state index < -0.39 is 0 Å². The molecule has 0 spiro atoms. The molecule has 0 aliphatic rings. The van der Waals surface area contributed by atoms with Crippen LogP contribution in [-0.4, -0.2) is 21.1 Å². The summed E-state index contributed by atoms with van der Waals surface area (Å²) >= 11 is 0. The molecule has 0 fully saturated rings. The maximum absolute atomic E-state index is 4.43. The van der Waals surface area contributed by atoms with Crippen molar-refractivity contribution in [2.45, 2.75) is 41.5 Å². The molecule has 0 atom stereocenters. The first-order valence-electron chi connectivity index (χ1n) is 18.2. The number of benzene rings is 6. The lowest BCUT2D eigenvalue weighted by molar-refractivity contribution is 1.13. The highest BCUT2D eigenvalue weighted by Crippen LogP contribution is 2.31. The maximum atomic E-state index is 4.43. The molecule has 0 unspecified atom stereocenters. The Labute approximate surface area is 329 Å². The van der Waals surface area contributed by atoms with Gasteiger partial charge in [-0.2, -0.15) is 51.1 Å². The third-order valence-electron chi connectivity index (χ3n) is 8.60. The first-order chi connectivity index (χ1) is 27.0. The molecule has 0 aliphatic carbocycles. The van der Waals surface area contributed by atoms with Gasteiger partial charge >= 0.3 is 0 Å². The standard InChI is InChI=1S/C29H28N6.C16H19N5/c1-19-6-9-24(10-7-19)30-33-28-14-11-26(17-22(28)4)32-35-29-15-12-25(18-23(29)5)31-34-27-13-8-20(2)16-21(27)3;1-12-11-14(7-10-16(12)20-17-2)19-18-13-5-8-15(9-6-13)21(3)4/h6-18H,1-5H3;5-11H,1-4H3. The Morgan fingerprint density at radius 2 is 0.643 bits per heavy atom. The zero-order valence-corrected chi connectivity index (χ0v) is 33.5. The molecule has 0 saturated carbocycles. The van der Waals surface area contributed by atoms with Gasteiger partial charge in [-0.3, -0.25) is 0 Å². The summed E-state index contributed by atoms with van der Waals surface area (Å²) in [7, 11) is 5.67. The van der Waals surface area contributed by atoms with Crippen LogP contribution in [-0.2, 0) is 0 Å². The normalized spacial score (nSPS) is 11.7. The van der Waals surface area contributed by atoms with Crippen LogP contribution in [0, 0.1) is 41.5 Å².